The quantitative estimate of drug-likeness (QED) is 0.512. The maximum atomic E-state index is 10.6. The van der Waals surface area contributed by atoms with E-state index in [-0.39, 0.29) is 4.90 Å². The van der Waals surface area contributed by atoms with E-state index in [4.69, 9.17) is 10.9 Å². The first-order chi connectivity index (χ1) is 12.5. The van der Waals surface area contributed by atoms with Gasteiger partial charge in [-0.05, 0) is 42.0 Å². The molecule has 134 valence electrons. The standard InChI is InChI=1S/C13H13N3.C5H6N2O2S/c14-9-10-1-3-12(4-2-10)16-8-6-11-5-7-15-13(11)16;6-10(8,9)5-2-1-3-7-4-5/h1-8,15H,9,14H2;1-4H,(H2,6,8,9). The summed E-state index contributed by atoms with van der Waals surface area (Å²) in [7, 11) is -3.57. The van der Waals surface area contributed by atoms with Crippen LogP contribution in [-0.2, 0) is 16.6 Å². The highest BCUT2D eigenvalue weighted by molar-refractivity contribution is 7.89. The molecule has 0 aliphatic carbocycles. The smallest absolute Gasteiger partial charge is 0.239 e. The van der Waals surface area contributed by atoms with Crippen molar-refractivity contribution in [2.75, 3.05) is 0 Å². The topological polar surface area (TPSA) is 120 Å². The fourth-order valence-corrected chi connectivity index (χ4v) is 2.94. The summed E-state index contributed by atoms with van der Waals surface area (Å²) >= 11 is 0. The number of rotatable bonds is 3. The van der Waals surface area contributed by atoms with E-state index in [1.54, 1.807) is 0 Å². The van der Waals surface area contributed by atoms with Crippen LogP contribution in [0.25, 0.3) is 16.7 Å². The third-order valence-corrected chi connectivity index (χ3v) is 4.71. The number of fused-ring (bicyclic) bond motifs is 1. The molecule has 1 aromatic carbocycles. The molecule has 0 aliphatic rings. The molecule has 0 atom stereocenters. The molecule has 3 aromatic heterocycles. The number of pyridine rings is 1. The van der Waals surface area contributed by atoms with Gasteiger partial charge in [0.25, 0.3) is 0 Å². The van der Waals surface area contributed by atoms with Crippen molar-refractivity contribution in [3.63, 3.8) is 0 Å². The predicted molar refractivity (Wildman–Crippen MR) is 101 cm³/mol. The Morgan fingerprint density at radius 2 is 1.85 bits per heavy atom. The molecule has 0 bridgehead atoms. The van der Waals surface area contributed by atoms with Crippen molar-refractivity contribution in [3.8, 4) is 5.69 Å². The van der Waals surface area contributed by atoms with Gasteiger partial charge in [-0.15, -0.1) is 0 Å². The number of hydrogen-bond acceptors (Lipinski definition) is 4. The lowest BCUT2D eigenvalue weighted by Gasteiger charge is -2.04. The first-order valence-electron chi connectivity index (χ1n) is 7.85. The van der Waals surface area contributed by atoms with E-state index >= 15 is 0 Å². The zero-order valence-electron chi connectivity index (χ0n) is 13.9. The second kappa shape index (κ2) is 7.52. The lowest BCUT2D eigenvalue weighted by atomic mass is 10.2. The van der Waals surface area contributed by atoms with Crippen molar-refractivity contribution >= 4 is 21.1 Å². The molecule has 0 unspecified atom stereocenters. The summed E-state index contributed by atoms with van der Waals surface area (Å²) < 4.78 is 23.3. The van der Waals surface area contributed by atoms with Crippen molar-refractivity contribution in [2.45, 2.75) is 11.4 Å². The van der Waals surface area contributed by atoms with E-state index in [1.807, 2.05) is 6.20 Å². The Morgan fingerprint density at radius 1 is 1.08 bits per heavy atom. The Kier molecular flexibility index (Phi) is 5.17. The molecule has 4 rings (SSSR count). The fraction of sp³-hybridized carbons (Fsp3) is 0.0556. The number of sulfonamides is 1. The van der Waals surface area contributed by atoms with E-state index in [9.17, 15) is 8.42 Å². The number of nitrogens with zero attached hydrogens (tertiary/aromatic N) is 2. The molecule has 3 heterocycles. The van der Waals surface area contributed by atoms with Crippen LogP contribution in [0.2, 0.25) is 0 Å². The summed E-state index contributed by atoms with van der Waals surface area (Å²) in [5, 5.41) is 6.01. The lowest BCUT2D eigenvalue weighted by molar-refractivity contribution is 0.597. The van der Waals surface area contributed by atoms with Crippen molar-refractivity contribution in [2.24, 2.45) is 10.9 Å². The van der Waals surface area contributed by atoms with Crippen molar-refractivity contribution in [1.29, 1.82) is 0 Å². The van der Waals surface area contributed by atoms with E-state index in [0.717, 1.165) is 16.9 Å². The largest absolute Gasteiger partial charge is 0.347 e. The number of nitrogens with two attached hydrogens (primary N) is 2. The van der Waals surface area contributed by atoms with E-state index in [0.29, 0.717) is 6.54 Å². The van der Waals surface area contributed by atoms with Gasteiger partial charge in [-0.2, -0.15) is 0 Å². The predicted octanol–water partition coefficient (Wildman–Crippen LogP) is 2.15. The normalized spacial score (nSPS) is 11.2. The second-order valence-corrected chi connectivity index (χ2v) is 7.13. The highest BCUT2D eigenvalue weighted by Crippen LogP contribution is 2.19. The van der Waals surface area contributed by atoms with Gasteiger partial charge in [0.05, 0.1) is 0 Å². The van der Waals surface area contributed by atoms with Gasteiger partial charge < -0.3 is 15.3 Å². The van der Waals surface area contributed by atoms with Crippen molar-refractivity contribution in [3.05, 3.63) is 78.9 Å². The molecule has 0 spiro atoms. The summed E-state index contributed by atoms with van der Waals surface area (Å²) in [6, 6.07) is 15.4. The minimum Gasteiger partial charge on any atom is -0.347 e. The van der Waals surface area contributed by atoms with Gasteiger partial charge in [-0.1, -0.05) is 12.1 Å². The minimum atomic E-state index is -3.57. The van der Waals surface area contributed by atoms with E-state index < -0.39 is 10.0 Å². The highest BCUT2D eigenvalue weighted by atomic mass is 32.2. The van der Waals surface area contributed by atoms with Crippen LogP contribution in [-0.4, -0.2) is 23.0 Å². The number of nitrogens with one attached hydrogen (secondary N) is 1. The van der Waals surface area contributed by atoms with Gasteiger partial charge in [0.2, 0.25) is 10.0 Å². The van der Waals surface area contributed by atoms with Crippen LogP contribution in [0.4, 0.5) is 0 Å². The van der Waals surface area contributed by atoms with Gasteiger partial charge in [-0.25, -0.2) is 13.6 Å². The van der Waals surface area contributed by atoms with Crippen LogP contribution < -0.4 is 10.9 Å². The van der Waals surface area contributed by atoms with Gasteiger partial charge in [0.15, 0.2) is 0 Å². The van der Waals surface area contributed by atoms with Gasteiger partial charge in [-0.3, -0.25) is 4.98 Å². The van der Waals surface area contributed by atoms with Crippen LogP contribution in [0.3, 0.4) is 0 Å². The Morgan fingerprint density at radius 3 is 2.42 bits per heavy atom. The number of aromatic amines is 1. The molecule has 4 aromatic rings. The maximum absolute atomic E-state index is 10.6. The third-order valence-electron chi connectivity index (χ3n) is 3.81. The molecule has 5 N–H and O–H groups in total. The summed E-state index contributed by atoms with van der Waals surface area (Å²) in [5.41, 5.74) is 9.00. The molecule has 0 aliphatic heterocycles. The van der Waals surface area contributed by atoms with Crippen LogP contribution >= 0.6 is 0 Å². The molecular weight excluding hydrogens is 350 g/mol. The number of hydrogen-bond donors (Lipinski definition) is 3. The van der Waals surface area contributed by atoms with E-state index in [2.05, 4.69) is 57.1 Å². The molecule has 0 radical (unpaired) electrons. The van der Waals surface area contributed by atoms with Gasteiger partial charge >= 0.3 is 0 Å². The zero-order valence-corrected chi connectivity index (χ0v) is 14.7. The Labute approximate surface area is 151 Å². The highest BCUT2D eigenvalue weighted by Gasteiger charge is 2.05. The molecule has 26 heavy (non-hydrogen) atoms. The lowest BCUT2D eigenvalue weighted by Crippen LogP contribution is -2.11. The zero-order chi connectivity index (χ0) is 18.6. The Balaban J connectivity index is 0.000000170. The number of benzene rings is 1. The fourth-order valence-electron chi connectivity index (χ4n) is 2.47. The van der Waals surface area contributed by atoms with Crippen LogP contribution in [0.1, 0.15) is 5.56 Å². The molecule has 0 saturated carbocycles. The van der Waals surface area contributed by atoms with Crippen LogP contribution in [0.15, 0.2) is 78.2 Å². The Hall–Kier alpha value is -2.94. The second-order valence-electron chi connectivity index (χ2n) is 5.57. The third kappa shape index (κ3) is 3.99. The molecule has 0 amide bonds. The van der Waals surface area contributed by atoms with Crippen LogP contribution in [0.5, 0.6) is 0 Å². The van der Waals surface area contributed by atoms with Gasteiger partial charge in [0.1, 0.15) is 10.5 Å². The molecular formula is C18H19N5O2S. The van der Waals surface area contributed by atoms with Crippen molar-refractivity contribution < 1.29 is 8.42 Å². The maximum Gasteiger partial charge on any atom is 0.239 e. The summed E-state index contributed by atoms with van der Waals surface area (Å²) in [6.45, 7) is 0.587. The summed E-state index contributed by atoms with van der Waals surface area (Å²) in [5.74, 6) is 0. The molecule has 0 fully saturated rings. The molecule has 8 heteroatoms. The number of H-pyrrole nitrogens is 1. The van der Waals surface area contributed by atoms with Crippen LogP contribution in [0, 0.1) is 0 Å². The number of aromatic nitrogens is 3. The van der Waals surface area contributed by atoms with Gasteiger partial charge in [0, 0.05) is 42.4 Å². The SMILES string of the molecule is NCc1ccc(-n2ccc3cc[nH]c32)cc1.NS(=O)(=O)c1cccnc1. The average Bonchev–Trinajstić information content (AvgIpc) is 3.26. The summed E-state index contributed by atoms with van der Waals surface area (Å²) in [6.07, 6.45) is 6.71. The summed E-state index contributed by atoms with van der Waals surface area (Å²) in [4.78, 5) is 6.86. The monoisotopic (exact) mass is 369 g/mol. The Bertz CT molecular complexity index is 1080. The molecule has 7 nitrogen and oxygen atoms in total. The van der Waals surface area contributed by atoms with E-state index in [1.165, 1.54) is 29.9 Å². The average molecular weight is 369 g/mol. The first kappa shape index (κ1) is 17.9. The van der Waals surface area contributed by atoms with Crippen molar-refractivity contribution in [1.82, 2.24) is 14.5 Å². The minimum absolute atomic E-state index is 0.0370. The number of primary sulfonamides is 1. The molecule has 0 saturated heterocycles. The first-order valence-corrected chi connectivity index (χ1v) is 9.40.